The van der Waals surface area contributed by atoms with Crippen molar-refractivity contribution in [2.75, 3.05) is 31.1 Å². The molecular formula is C19H20N4O3. The van der Waals surface area contributed by atoms with Crippen LogP contribution in [0.25, 0.3) is 11.0 Å². The highest BCUT2D eigenvalue weighted by atomic mass is 16.3. The van der Waals surface area contributed by atoms with Crippen molar-refractivity contribution in [1.82, 2.24) is 14.7 Å². The third-order valence-electron chi connectivity index (χ3n) is 4.77. The number of benzene rings is 1. The van der Waals surface area contributed by atoms with Crippen LogP contribution in [-0.2, 0) is 7.05 Å². The molecule has 0 spiro atoms. The van der Waals surface area contributed by atoms with Crippen LogP contribution in [0.15, 0.2) is 45.7 Å². The molecule has 2 aromatic heterocycles. The lowest BCUT2D eigenvalue weighted by atomic mass is 10.1. The van der Waals surface area contributed by atoms with Gasteiger partial charge in [-0.2, -0.15) is 5.10 Å². The van der Waals surface area contributed by atoms with Crippen LogP contribution in [0.2, 0.25) is 0 Å². The number of amides is 1. The maximum Gasteiger partial charge on any atom is 0.268 e. The van der Waals surface area contributed by atoms with Crippen molar-refractivity contribution in [1.29, 1.82) is 0 Å². The highest BCUT2D eigenvalue weighted by molar-refractivity contribution is 5.98. The summed E-state index contributed by atoms with van der Waals surface area (Å²) < 4.78 is 6.87. The molecule has 1 aliphatic heterocycles. The van der Waals surface area contributed by atoms with E-state index in [1.165, 1.54) is 4.68 Å². The van der Waals surface area contributed by atoms with Crippen LogP contribution in [0.1, 0.15) is 16.1 Å². The fourth-order valence-electron chi connectivity index (χ4n) is 3.29. The molecule has 3 heterocycles. The second-order valence-electron chi connectivity index (χ2n) is 6.56. The first kappa shape index (κ1) is 16.4. The summed E-state index contributed by atoms with van der Waals surface area (Å²) >= 11 is 0. The molecule has 1 saturated heterocycles. The van der Waals surface area contributed by atoms with Crippen molar-refractivity contribution in [2.45, 2.75) is 6.92 Å². The van der Waals surface area contributed by atoms with Crippen molar-refractivity contribution in [3.05, 3.63) is 58.2 Å². The summed E-state index contributed by atoms with van der Waals surface area (Å²) in [6, 6.07) is 9.06. The van der Waals surface area contributed by atoms with Gasteiger partial charge in [-0.25, -0.2) is 4.68 Å². The molecule has 0 N–H and O–H groups in total. The maximum absolute atomic E-state index is 12.8. The van der Waals surface area contributed by atoms with Gasteiger partial charge in [-0.05, 0) is 31.2 Å². The van der Waals surface area contributed by atoms with Crippen LogP contribution in [0.4, 0.5) is 5.69 Å². The van der Waals surface area contributed by atoms with Gasteiger partial charge in [0.05, 0.1) is 11.9 Å². The molecule has 1 aromatic carbocycles. The molecule has 0 unspecified atom stereocenters. The lowest BCUT2D eigenvalue weighted by Gasteiger charge is -2.35. The summed E-state index contributed by atoms with van der Waals surface area (Å²) in [5, 5.41) is 5.00. The Kier molecular flexibility index (Phi) is 3.99. The molecule has 0 bridgehead atoms. The first-order chi connectivity index (χ1) is 12.5. The van der Waals surface area contributed by atoms with Crippen LogP contribution in [0, 0.1) is 6.92 Å². The molecule has 1 amide bonds. The number of rotatable bonds is 2. The van der Waals surface area contributed by atoms with Crippen molar-refractivity contribution < 1.29 is 9.21 Å². The first-order valence-electron chi connectivity index (χ1n) is 8.59. The molecule has 4 rings (SSSR count). The number of hydrogen-bond donors (Lipinski definition) is 0. The van der Waals surface area contributed by atoms with Gasteiger partial charge in [0, 0.05) is 50.2 Å². The monoisotopic (exact) mass is 352 g/mol. The minimum atomic E-state index is -0.135. The van der Waals surface area contributed by atoms with E-state index in [0.29, 0.717) is 31.7 Å². The lowest BCUT2D eigenvalue weighted by molar-refractivity contribution is 0.0747. The number of fused-ring (bicyclic) bond motifs is 1. The Hall–Kier alpha value is -3.09. The van der Waals surface area contributed by atoms with E-state index >= 15 is 0 Å². The summed E-state index contributed by atoms with van der Waals surface area (Å²) in [7, 11) is 1.63. The topological polar surface area (TPSA) is 71.6 Å². The van der Waals surface area contributed by atoms with Crippen molar-refractivity contribution in [3.63, 3.8) is 0 Å². The zero-order valence-corrected chi connectivity index (χ0v) is 14.8. The predicted octanol–water partition coefficient (Wildman–Crippen LogP) is 1.80. The minimum absolute atomic E-state index is 0.0208. The Bertz CT molecular complexity index is 1030. The molecule has 0 aliphatic carbocycles. The molecule has 0 atom stereocenters. The van der Waals surface area contributed by atoms with Crippen LogP contribution < -0.4 is 10.5 Å². The highest BCUT2D eigenvalue weighted by Gasteiger charge is 2.23. The number of anilines is 1. The van der Waals surface area contributed by atoms with Crippen molar-refractivity contribution >= 4 is 22.6 Å². The van der Waals surface area contributed by atoms with Gasteiger partial charge in [-0.3, -0.25) is 9.59 Å². The van der Waals surface area contributed by atoms with E-state index in [9.17, 15) is 9.59 Å². The van der Waals surface area contributed by atoms with E-state index in [0.717, 1.165) is 22.4 Å². The number of aryl methyl sites for hydroxylation is 2. The number of carbonyl (C=O) groups excluding carboxylic acids is 1. The first-order valence-corrected chi connectivity index (χ1v) is 8.59. The molecule has 26 heavy (non-hydrogen) atoms. The molecule has 1 fully saturated rings. The van der Waals surface area contributed by atoms with Gasteiger partial charge in [0.25, 0.3) is 11.5 Å². The van der Waals surface area contributed by atoms with Crippen molar-refractivity contribution in [2.24, 2.45) is 7.05 Å². The third-order valence-corrected chi connectivity index (χ3v) is 4.77. The third kappa shape index (κ3) is 2.96. The molecule has 0 saturated carbocycles. The Morgan fingerprint density at radius 2 is 1.88 bits per heavy atom. The van der Waals surface area contributed by atoms with Crippen LogP contribution in [-0.4, -0.2) is 46.8 Å². The van der Waals surface area contributed by atoms with Crippen LogP contribution in [0.3, 0.4) is 0 Å². The summed E-state index contributed by atoms with van der Waals surface area (Å²) in [6.45, 7) is 4.46. The summed E-state index contributed by atoms with van der Waals surface area (Å²) in [5.41, 5.74) is 2.13. The summed E-state index contributed by atoms with van der Waals surface area (Å²) in [6.07, 6.45) is 1.69. The highest BCUT2D eigenvalue weighted by Crippen LogP contribution is 2.22. The van der Waals surface area contributed by atoms with E-state index in [-0.39, 0.29) is 11.5 Å². The quantitative estimate of drug-likeness (QED) is 0.703. The Labute approximate surface area is 150 Å². The Balaban J connectivity index is 1.47. The number of aromatic nitrogens is 2. The summed E-state index contributed by atoms with van der Waals surface area (Å²) in [5.74, 6) is 0.855. The average molecular weight is 352 g/mol. The lowest BCUT2D eigenvalue weighted by Crippen LogP contribution is -2.49. The van der Waals surface area contributed by atoms with Gasteiger partial charge in [0.1, 0.15) is 11.3 Å². The normalized spacial score (nSPS) is 14.8. The van der Waals surface area contributed by atoms with E-state index < -0.39 is 0 Å². The predicted molar refractivity (Wildman–Crippen MR) is 98.5 cm³/mol. The number of hydrogen-bond acceptors (Lipinski definition) is 5. The van der Waals surface area contributed by atoms with Crippen molar-refractivity contribution in [3.8, 4) is 0 Å². The van der Waals surface area contributed by atoms with Gasteiger partial charge in [-0.15, -0.1) is 0 Å². The van der Waals surface area contributed by atoms with Gasteiger partial charge >= 0.3 is 0 Å². The fraction of sp³-hybridized carbons (Fsp3) is 0.316. The van der Waals surface area contributed by atoms with E-state index in [1.54, 1.807) is 19.3 Å². The number of piperazine rings is 1. The number of nitrogens with zero attached hydrogens (tertiary/aromatic N) is 4. The van der Waals surface area contributed by atoms with Gasteiger partial charge < -0.3 is 14.2 Å². The zero-order chi connectivity index (χ0) is 18.3. The molecule has 7 heteroatoms. The Morgan fingerprint density at radius 1 is 1.12 bits per heavy atom. The fourth-order valence-corrected chi connectivity index (χ4v) is 3.29. The molecular weight excluding hydrogens is 332 g/mol. The van der Waals surface area contributed by atoms with Crippen LogP contribution >= 0.6 is 0 Å². The second kappa shape index (κ2) is 6.33. The molecule has 0 radical (unpaired) electrons. The van der Waals surface area contributed by atoms with Gasteiger partial charge in [0.15, 0.2) is 0 Å². The number of carbonyl (C=O) groups is 1. The van der Waals surface area contributed by atoms with E-state index in [4.69, 9.17) is 4.42 Å². The average Bonchev–Trinajstić information content (AvgIpc) is 3.02. The Morgan fingerprint density at radius 3 is 2.62 bits per heavy atom. The van der Waals surface area contributed by atoms with Gasteiger partial charge in [0.2, 0.25) is 0 Å². The molecule has 1 aliphatic rings. The SMILES string of the molecule is Cc1cc2cc(C(=O)N3CCN(c4cnn(C)c(=O)c4)CC3)ccc2o1. The number of furan rings is 1. The van der Waals surface area contributed by atoms with E-state index in [2.05, 4.69) is 10.00 Å². The second-order valence-corrected chi connectivity index (χ2v) is 6.56. The molecule has 3 aromatic rings. The maximum atomic E-state index is 12.8. The largest absolute Gasteiger partial charge is 0.461 e. The van der Waals surface area contributed by atoms with Crippen LogP contribution in [0.5, 0.6) is 0 Å². The van der Waals surface area contributed by atoms with Gasteiger partial charge in [-0.1, -0.05) is 0 Å². The standard InChI is InChI=1S/C19H20N4O3/c1-13-9-15-10-14(3-4-17(15)26-13)19(25)23-7-5-22(6-8-23)16-11-18(24)21(2)20-12-16/h3-4,9-12H,5-8H2,1-2H3. The smallest absolute Gasteiger partial charge is 0.268 e. The zero-order valence-electron chi connectivity index (χ0n) is 14.8. The minimum Gasteiger partial charge on any atom is -0.461 e. The molecule has 134 valence electrons. The molecule has 7 nitrogen and oxygen atoms in total. The van der Waals surface area contributed by atoms with E-state index in [1.807, 2.05) is 36.1 Å². The summed E-state index contributed by atoms with van der Waals surface area (Å²) in [4.78, 5) is 28.5.